The van der Waals surface area contributed by atoms with E-state index in [1.165, 1.54) is 12.1 Å². The molecule has 1 heterocycles. The van der Waals surface area contributed by atoms with Crippen molar-refractivity contribution in [3.05, 3.63) is 70.1 Å². The number of nitrogens with zero attached hydrogens (tertiary/aromatic N) is 2. The average Bonchev–Trinajstić information content (AvgIpc) is 2.66. The molecular weight excluding hydrogens is 379 g/mol. The molecule has 1 saturated heterocycles. The van der Waals surface area contributed by atoms with Gasteiger partial charge >= 0.3 is 0 Å². The monoisotopic (exact) mass is 402 g/mol. The molecule has 4 nitrogen and oxygen atoms in total. The first-order chi connectivity index (χ1) is 13.4. The highest BCUT2D eigenvalue weighted by Gasteiger charge is 2.34. The van der Waals surface area contributed by atoms with Crippen LogP contribution in [0.1, 0.15) is 25.0 Å². The highest BCUT2D eigenvalue weighted by Crippen LogP contribution is 2.27. The molecule has 2 aromatic carbocycles. The molecule has 0 unspecified atom stereocenters. The molecule has 0 spiro atoms. The lowest BCUT2D eigenvalue weighted by Gasteiger charge is -2.45. The Balaban J connectivity index is 1.70. The summed E-state index contributed by atoms with van der Waals surface area (Å²) < 4.78 is 19.1. The van der Waals surface area contributed by atoms with Crippen LogP contribution >= 0.6 is 11.6 Å². The first kappa shape index (κ1) is 20.4. The van der Waals surface area contributed by atoms with E-state index in [1.54, 1.807) is 18.2 Å². The Morgan fingerprint density at radius 3 is 2.57 bits per heavy atom. The van der Waals surface area contributed by atoms with E-state index < -0.39 is 0 Å². The number of aryl methyl sites for hydroxylation is 1. The second-order valence-electron chi connectivity index (χ2n) is 7.22. The van der Waals surface area contributed by atoms with Gasteiger partial charge in [-0.25, -0.2) is 9.18 Å². The maximum atomic E-state index is 13.2. The summed E-state index contributed by atoms with van der Waals surface area (Å²) in [6, 6.07) is 11.8. The van der Waals surface area contributed by atoms with Crippen molar-refractivity contribution in [1.29, 1.82) is 0 Å². The summed E-state index contributed by atoms with van der Waals surface area (Å²) >= 11 is 6.00. The maximum absolute atomic E-state index is 13.2. The zero-order valence-corrected chi connectivity index (χ0v) is 17.0. The van der Waals surface area contributed by atoms with Gasteiger partial charge in [-0.2, -0.15) is 0 Å². The van der Waals surface area contributed by atoms with Crippen molar-refractivity contribution in [2.45, 2.75) is 39.4 Å². The molecule has 0 N–H and O–H groups in total. The predicted molar refractivity (Wildman–Crippen MR) is 108 cm³/mol. The SMILES string of the molecule is Cc1cc(Cl)ccc1OCN1C[C@@H](C)N(Cc2ccc(F)cc2)C(=C=O)[C@@H]1C. The van der Waals surface area contributed by atoms with E-state index in [0.717, 1.165) is 23.4 Å². The summed E-state index contributed by atoms with van der Waals surface area (Å²) in [5.74, 6) is 2.62. The van der Waals surface area contributed by atoms with Crippen LogP contribution < -0.4 is 4.74 Å². The van der Waals surface area contributed by atoms with Gasteiger partial charge in [0, 0.05) is 24.2 Å². The largest absolute Gasteiger partial charge is 0.478 e. The van der Waals surface area contributed by atoms with Gasteiger partial charge in [0.15, 0.2) is 0 Å². The van der Waals surface area contributed by atoms with E-state index in [2.05, 4.69) is 17.8 Å². The second-order valence-corrected chi connectivity index (χ2v) is 7.66. The van der Waals surface area contributed by atoms with Crippen molar-refractivity contribution in [2.75, 3.05) is 13.3 Å². The Morgan fingerprint density at radius 1 is 1.21 bits per heavy atom. The number of hydrogen-bond acceptors (Lipinski definition) is 4. The second kappa shape index (κ2) is 8.78. The number of ether oxygens (including phenoxy) is 1. The fraction of sp³-hybridized carbons (Fsp3) is 0.364. The van der Waals surface area contributed by atoms with E-state index in [1.807, 2.05) is 30.9 Å². The molecule has 0 radical (unpaired) electrons. The van der Waals surface area contributed by atoms with Crippen LogP contribution in [0.4, 0.5) is 4.39 Å². The zero-order chi connectivity index (χ0) is 20.3. The van der Waals surface area contributed by atoms with Crippen molar-refractivity contribution in [2.24, 2.45) is 0 Å². The highest BCUT2D eigenvalue weighted by atomic mass is 35.5. The molecule has 2 aromatic rings. The first-order valence-electron chi connectivity index (χ1n) is 9.28. The molecule has 0 amide bonds. The molecule has 6 heteroatoms. The van der Waals surface area contributed by atoms with E-state index in [-0.39, 0.29) is 17.9 Å². The highest BCUT2D eigenvalue weighted by molar-refractivity contribution is 6.30. The van der Waals surface area contributed by atoms with Crippen LogP contribution in [0.5, 0.6) is 5.75 Å². The van der Waals surface area contributed by atoms with Crippen molar-refractivity contribution in [1.82, 2.24) is 9.80 Å². The topological polar surface area (TPSA) is 32.8 Å². The number of benzene rings is 2. The lowest BCUT2D eigenvalue weighted by molar-refractivity contribution is 0.0283. The van der Waals surface area contributed by atoms with Crippen LogP contribution in [0, 0.1) is 12.7 Å². The Bertz CT molecular complexity index is 881. The summed E-state index contributed by atoms with van der Waals surface area (Å²) in [5, 5.41) is 0.674. The van der Waals surface area contributed by atoms with Gasteiger partial charge in [-0.3, -0.25) is 4.90 Å². The standard InChI is InChI=1S/C22H24ClFN2O2/c1-15-10-19(23)6-9-22(15)28-14-25-11-16(2)26(21(13-27)17(25)3)12-18-4-7-20(24)8-5-18/h4-10,16-17H,11-12,14H2,1-3H3/t16-,17+/m1/s1. The molecule has 0 aliphatic carbocycles. The van der Waals surface area contributed by atoms with Crippen molar-refractivity contribution in [3.8, 4) is 5.75 Å². The van der Waals surface area contributed by atoms with Gasteiger partial charge in [-0.1, -0.05) is 23.7 Å². The van der Waals surface area contributed by atoms with Crippen LogP contribution in [0.2, 0.25) is 5.02 Å². The minimum Gasteiger partial charge on any atom is -0.478 e. The predicted octanol–water partition coefficient (Wildman–Crippen LogP) is 4.43. The van der Waals surface area contributed by atoms with Crippen molar-refractivity contribution < 1.29 is 13.9 Å². The number of piperazine rings is 1. The van der Waals surface area contributed by atoms with Crippen molar-refractivity contribution in [3.63, 3.8) is 0 Å². The molecule has 3 rings (SSSR count). The van der Waals surface area contributed by atoms with Crippen LogP contribution in [-0.2, 0) is 11.3 Å². The Hall–Kier alpha value is -2.33. The molecule has 1 aliphatic rings. The molecule has 28 heavy (non-hydrogen) atoms. The molecule has 1 aliphatic heterocycles. The third-order valence-electron chi connectivity index (χ3n) is 5.18. The van der Waals surface area contributed by atoms with Crippen LogP contribution in [0.15, 0.2) is 48.2 Å². The minimum atomic E-state index is -0.268. The molecular formula is C22H24ClFN2O2. The van der Waals surface area contributed by atoms with Gasteiger partial charge in [0.2, 0.25) is 0 Å². The lowest BCUT2D eigenvalue weighted by atomic mass is 10.0. The zero-order valence-electron chi connectivity index (χ0n) is 16.3. The first-order valence-corrected chi connectivity index (χ1v) is 9.66. The maximum Gasteiger partial charge on any atom is 0.147 e. The van der Waals surface area contributed by atoms with Gasteiger partial charge in [0.05, 0.1) is 6.04 Å². The summed E-state index contributed by atoms with van der Waals surface area (Å²) in [5.41, 5.74) is 2.50. The van der Waals surface area contributed by atoms with Crippen LogP contribution in [-0.4, -0.2) is 41.1 Å². The molecule has 1 fully saturated rings. The smallest absolute Gasteiger partial charge is 0.147 e. The third-order valence-corrected chi connectivity index (χ3v) is 5.41. The van der Waals surface area contributed by atoms with Crippen LogP contribution in [0.25, 0.3) is 0 Å². The summed E-state index contributed by atoms with van der Waals surface area (Å²) in [6.07, 6.45) is 0. The molecule has 0 bridgehead atoms. The molecule has 148 valence electrons. The Labute approximate surface area is 170 Å². The van der Waals surface area contributed by atoms with E-state index in [4.69, 9.17) is 16.3 Å². The normalized spacial score (nSPS) is 20.2. The van der Waals surface area contributed by atoms with Gasteiger partial charge in [0.25, 0.3) is 0 Å². The summed E-state index contributed by atoms with van der Waals surface area (Å²) in [4.78, 5) is 15.9. The number of rotatable bonds is 5. The lowest BCUT2D eigenvalue weighted by Crippen LogP contribution is -2.55. The Morgan fingerprint density at radius 2 is 1.93 bits per heavy atom. The molecule has 0 saturated carbocycles. The van der Waals surface area contributed by atoms with Crippen molar-refractivity contribution >= 4 is 17.5 Å². The summed E-state index contributed by atoms with van der Waals surface area (Å²) in [6.45, 7) is 7.63. The summed E-state index contributed by atoms with van der Waals surface area (Å²) in [7, 11) is 0. The van der Waals surface area contributed by atoms with Gasteiger partial charge in [-0.15, -0.1) is 0 Å². The number of hydrogen-bond donors (Lipinski definition) is 0. The number of carbonyl (C=O) groups excluding carboxylic acids is 1. The van der Waals surface area contributed by atoms with Gasteiger partial charge < -0.3 is 9.64 Å². The van der Waals surface area contributed by atoms with Gasteiger partial charge in [-0.05, 0) is 62.2 Å². The fourth-order valence-corrected chi connectivity index (χ4v) is 3.74. The average molecular weight is 403 g/mol. The molecule has 2 atom stereocenters. The molecule has 0 aromatic heterocycles. The fourth-order valence-electron chi connectivity index (χ4n) is 3.51. The Kier molecular flexibility index (Phi) is 6.40. The van der Waals surface area contributed by atoms with E-state index >= 15 is 0 Å². The quantitative estimate of drug-likeness (QED) is 0.692. The minimum absolute atomic E-state index is 0.0904. The number of halogens is 2. The third kappa shape index (κ3) is 4.56. The van der Waals surface area contributed by atoms with E-state index in [9.17, 15) is 9.18 Å². The van der Waals surface area contributed by atoms with Gasteiger partial charge in [0.1, 0.15) is 29.9 Å². The van der Waals surface area contributed by atoms with Crippen LogP contribution in [0.3, 0.4) is 0 Å². The van der Waals surface area contributed by atoms with E-state index in [0.29, 0.717) is 24.0 Å².